The van der Waals surface area contributed by atoms with Gasteiger partial charge in [0.2, 0.25) is 5.90 Å². The summed E-state index contributed by atoms with van der Waals surface area (Å²) in [7, 11) is 1.51. The molecule has 0 spiro atoms. The molecule has 0 radical (unpaired) electrons. The van der Waals surface area contributed by atoms with E-state index in [0.717, 1.165) is 5.56 Å². The van der Waals surface area contributed by atoms with Crippen molar-refractivity contribution in [1.82, 2.24) is 0 Å². The zero-order chi connectivity index (χ0) is 24.9. The summed E-state index contributed by atoms with van der Waals surface area (Å²) in [4.78, 5) is 27.3. The second kappa shape index (κ2) is 10.2. The van der Waals surface area contributed by atoms with Gasteiger partial charge in [-0.3, -0.25) is 10.1 Å². The van der Waals surface area contributed by atoms with Gasteiger partial charge in [-0.15, -0.1) is 0 Å². The number of methoxy groups -OCH3 is 1. The van der Waals surface area contributed by atoms with Crippen LogP contribution in [0.5, 0.6) is 11.5 Å². The largest absolute Gasteiger partial charge is 0.493 e. The lowest BCUT2D eigenvalue weighted by molar-refractivity contribution is -0.384. The number of carbonyl (C=O) groups excluding carboxylic acids is 1. The lowest BCUT2D eigenvalue weighted by Crippen LogP contribution is -2.05. The predicted molar refractivity (Wildman–Crippen MR) is 132 cm³/mol. The Morgan fingerprint density at radius 3 is 2.51 bits per heavy atom. The molecule has 1 aliphatic heterocycles. The summed E-state index contributed by atoms with van der Waals surface area (Å²) in [6.07, 6.45) is 1.62. The second-order valence-electron chi connectivity index (χ2n) is 8.24. The molecule has 1 heterocycles. The number of non-ortho nitro benzene ring substituents is 1. The quantitative estimate of drug-likeness (QED) is 0.182. The minimum absolute atomic E-state index is 0.000670. The molecule has 3 aromatic rings. The minimum atomic E-state index is -0.530. The summed E-state index contributed by atoms with van der Waals surface area (Å²) >= 11 is 0. The fourth-order valence-corrected chi connectivity index (χ4v) is 3.52. The molecule has 35 heavy (non-hydrogen) atoms. The number of cyclic esters (lactones) is 1. The van der Waals surface area contributed by atoms with Crippen LogP contribution in [-0.4, -0.2) is 23.9 Å². The van der Waals surface area contributed by atoms with Crippen LogP contribution in [0.2, 0.25) is 0 Å². The number of carbonyl (C=O) groups is 1. The maximum atomic E-state index is 12.4. The van der Waals surface area contributed by atoms with E-state index in [9.17, 15) is 14.9 Å². The highest BCUT2D eigenvalue weighted by molar-refractivity contribution is 6.12. The van der Waals surface area contributed by atoms with E-state index in [2.05, 4.69) is 18.8 Å². The topological polar surface area (TPSA) is 100 Å². The average Bonchev–Trinajstić information content (AvgIpc) is 3.23. The standard InChI is InChI=1S/C27H24N2O6/c1-17(2)20-8-10-21(11-9-20)26-28-23(27(30)35-26)14-18-7-12-24(25(15-18)33-3)34-16-19-5-4-6-22(13-19)29(31)32/h4-15,17H,16H2,1-3H3/b23-14-. The van der Waals surface area contributed by atoms with Gasteiger partial charge in [0.1, 0.15) is 6.61 Å². The van der Waals surface area contributed by atoms with Gasteiger partial charge in [-0.1, -0.05) is 44.2 Å². The van der Waals surface area contributed by atoms with Crippen LogP contribution < -0.4 is 9.47 Å². The highest BCUT2D eigenvalue weighted by Gasteiger charge is 2.24. The Bertz CT molecular complexity index is 1330. The second-order valence-corrected chi connectivity index (χ2v) is 8.24. The first-order valence-electron chi connectivity index (χ1n) is 11.0. The Labute approximate surface area is 202 Å². The SMILES string of the molecule is COc1cc(/C=C2\N=C(c3ccc(C(C)C)cc3)OC2=O)ccc1OCc1cccc([N+](=O)[O-])c1. The van der Waals surface area contributed by atoms with Gasteiger partial charge in [0.15, 0.2) is 17.2 Å². The molecular weight excluding hydrogens is 448 g/mol. The van der Waals surface area contributed by atoms with Crippen molar-refractivity contribution >= 4 is 23.6 Å². The summed E-state index contributed by atoms with van der Waals surface area (Å²) < 4.78 is 16.6. The van der Waals surface area contributed by atoms with Gasteiger partial charge in [-0.25, -0.2) is 9.79 Å². The number of nitrogens with zero attached hydrogens (tertiary/aromatic N) is 2. The molecule has 0 atom stereocenters. The third kappa shape index (κ3) is 5.55. The van der Waals surface area contributed by atoms with Crippen molar-refractivity contribution in [1.29, 1.82) is 0 Å². The Kier molecular flexibility index (Phi) is 6.91. The number of aliphatic imine (C=N–C) groups is 1. The molecular formula is C27H24N2O6. The van der Waals surface area contributed by atoms with Crippen LogP contribution in [0.3, 0.4) is 0 Å². The van der Waals surface area contributed by atoms with Gasteiger partial charge in [0.05, 0.1) is 12.0 Å². The fraction of sp³-hybridized carbons (Fsp3) is 0.185. The van der Waals surface area contributed by atoms with Gasteiger partial charge < -0.3 is 14.2 Å². The summed E-state index contributed by atoms with van der Waals surface area (Å²) in [5, 5.41) is 11.0. The van der Waals surface area contributed by atoms with E-state index >= 15 is 0 Å². The van der Waals surface area contributed by atoms with E-state index in [0.29, 0.717) is 28.5 Å². The number of hydrogen-bond acceptors (Lipinski definition) is 7. The van der Waals surface area contributed by atoms with Gasteiger partial charge in [-0.05, 0) is 52.9 Å². The Hall–Kier alpha value is -4.46. The molecule has 0 amide bonds. The van der Waals surface area contributed by atoms with Crippen molar-refractivity contribution in [3.8, 4) is 11.5 Å². The van der Waals surface area contributed by atoms with Crippen LogP contribution in [0.25, 0.3) is 6.08 Å². The molecule has 0 saturated carbocycles. The van der Waals surface area contributed by atoms with Crippen LogP contribution in [0, 0.1) is 10.1 Å². The summed E-state index contributed by atoms with van der Waals surface area (Å²) in [5.74, 6) is 1.05. The van der Waals surface area contributed by atoms with Crippen molar-refractivity contribution in [3.05, 3.63) is 105 Å². The molecule has 0 aromatic heterocycles. The van der Waals surface area contributed by atoms with Crippen LogP contribution in [0.4, 0.5) is 5.69 Å². The van der Waals surface area contributed by atoms with Crippen LogP contribution in [0.15, 0.2) is 77.4 Å². The number of ether oxygens (including phenoxy) is 3. The lowest BCUT2D eigenvalue weighted by Gasteiger charge is -2.11. The molecule has 0 bridgehead atoms. The van der Waals surface area contributed by atoms with Crippen LogP contribution in [0.1, 0.15) is 42.0 Å². The molecule has 0 aliphatic carbocycles. The van der Waals surface area contributed by atoms with Crippen molar-refractivity contribution in [3.63, 3.8) is 0 Å². The molecule has 8 heteroatoms. The number of hydrogen-bond donors (Lipinski definition) is 0. The van der Waals surface area contributed by atoms with Gasteiger partial charge in [0, 0.05) is 17.7 Å². The molecule has 178 valence electrons. The Morgan fingerprint density at radius 2 is 1.83 bits per heavy atom. The van der Waals surface area contributed by atoms with Crippen molar-refractivity contribution in [2.75, 3.05) is 7.11 Å². The van der Waals surface area contributed by atoms with Gasteiger partial charge >= 0.3 is 5.97 Å². The third-order valence-electron chi connectivity index (χ3n) is 5.45. The number of nitro groups is 1. The molecule has 8 nitrogen and oxygen atoms in total. The zero-order valence-electron chi connectivity index (χ0n) is 19.6. The monoisotopic (exact) mass is 472 g/mol. The van der Waals surface area contributed by atoms with Crippen molar-refractivity contribution < 1.29 is 23.9 Å². The van der Waals surface area contributed by atoms with Crippen molar-refractivity contribution in [2.24, 2.45) is 4.99 Å². The lowest BCUT2D eigenvalue weighted by atomic mass is 10.0. The zero-order valence-corrected chi connectivity index (χ0v) is 19.6. The highest BCUT2D eigenvalue weighted by Crippen LogP contribution is 2.31. The summed E-state index contributed by atoms with van der Waals surface area (Å²) in [6, 6.07) is 19.2. The number of nitro benzene ring substituents is 1. The first-order chi connectivity index (χ1) is 16.8. The molecule has 0 saturated heterocycles. The normalized spacial score (nSPS) is 14.1. The average molecular weight is 472 g/mol. The van der Waals surface area contributed by atoms with Crippen LogP contribution in [-0.2, 0) is 16.1 Å². The molecule has 0 N–H and O–H groups in total. The number of benzene rings is 3. The third-order valence-corrected chi connectivity index (χ3v) is 5.45. The van der Waals surface area contributed by atoms with E-state index in [1.807, 2.05) is 24.3 Å². The van der Waals surface area contributed by atoms with E-state index < -0.39 is 10.9 Å². The maximum Gasteiger partial charge on any atom is 0.363 e. The minimum Gasteiger partial charge on any atom is -0.493 e. The van der Waals surface area contributed by atoms with E-state index in [1.54, 1.807) is 36.4 Å². The number of esters is 1. The summed E-state index contributed by atoms with van der Waals surface area (Å²) in [6.45, 7) is 4.36. The molecule has 3 aromatic carbocycles. The van der Waals surface area contributed by atoms with Gasteiger partial charge in [-0.2, -0.15) is 0 Å². The molecule has 0 unspecified atom stereocenters. The fourth-order valence-electron chi connectivity index (χ4n) is 3.52. The van der Waals surface area contributed by atoms with E-state index in [1.165, 1.54) is 24.8 Å². The van der Waals surface area contributed by atoms with Crippen LogP contribution >= 0.6 is 0 Å². The summed E-state index contributed by atoms with van der Waals surface area (Å²) in [5.41, 5.74) is 3.43. The maximum absolute atomic E-state index is 12.4. The Morgan fingerprint density at radius 1 is 1.06 bits per heavy atom. The van der Waals surface area contributed by atoms with E-state index in [-0.39, 0.29) is 23.9 Å². The van der Waals surface area contributed by atoms with Crippen molar-refractivity contribution in [2.45, 2.75) is 26.4 Å². The molecule has 4 rings (SSSR count). The predicted octanol–water partition coefficient (Wildman–Crippen LogP) is 5.65. The van der Waals surface area contributed by atoms with E-state index in [4.69, 9.17) is 14.2 Å². The number of rotatable bonds is 8. The smallest absolute Gasteiger partial charge is 0.363 e. The molecule has 1 aliphatic rings. The highest BCUT2D eigenvalue weighted by atomic mass is 16.6. The Balaban J connectivity index is 1.51. The molecule has 0 fully saturated rings. The first kappa shape index (κ1) is 23.7. The van der Waals surface area contributed by atoms with Gasteiger partial charge in [0.25, 0.3) is 5.69 Å². The first-order valence-corrected chi connectivity index (χ1v) is 11.0.